The summed E-state index contributed by atoms with van der Waals surface area (Å²) in [4.78, 5) is 12.8. The largest absolute Gasteiger partial charge is 0.395 e. The van der Waals surface area contributed by atoms with E-state index in [0.717, 1.165) is 5.56 Å². The number of nitrogens with zero attached hydrogens (tertiary/aromatic N) is 3. The van der Waals surface area contributed by atoms with Crippen LogP contribution < -0.4 is 21.7 Å². The highest BCUT2D eigenvalue weighted by molar-refractivity contribution is 5.42. The van der Waals surface area contributed by atoms with Gasteiger partial charge in [0.2, 0.25) is 17.8 Å². The molecule has 1 aromatic carbocycles. The van der Waals surface area contributed by atoms with Gasteiger partial charge in [0, 0.05) is 26.2 Å². The first-order valence-corrected chi connectivity index (χ1v) is 7.14. The van der Waals surface area contributed by atoms with Crippen LogP contribution in [0.15, 0.2) is 30.3 Å². The highest BCUT2D eigenvalue weighted by Gasteiger charge is 2.06. The average molecular weight is 303 g/mol. The summed E-state index contributed by atoms with van der Waals surface area (Å²) in [6, 6.07) is 9.97. The summed E-state index contributed by atoms with van der Waals surface area (Å²) >= 11 is 0. The van der Waals surface area contributed by atoms with E-state index in [1.807, 2.05) is 30.3 Å². The van der Waals surface area contributed by atoms with Crippen LogP contribution in [0.25, 0.3) is 0 Å². The Labute approximate surface area is 129 Å². The third-order valence-electron chi connectivity index (χ3n) is 2.75. The molecule has 22 heavy (non-hydrogen) atoms. The molecule has 0 amide bonds. The third-order valence-corrected chi connectivity index (χ3v) is 2.75. The number of benzene rings is 1. The maximum atomic E-state index is 8.88. The fourth-order valence-electron chi connectivity index (χ4n) is 1.74. The van der Waals surface area contributed by atoms with Crippen LogP contribution in [-0.4, -0.2) is 46.3 Å². The van der Waals surface area contributed by atoms with Crippen molar-refractivity contribution >= 4 is 17.8 Å². The Hall–Kier alpha value is -2.45. The molecule has 2 aromatic rings. The minimum absolute atomic E-state index is 0.00399. The Morgan fingerprint density at radius 3 is 2.05 bits per heavy atom. The van der Waals surface area contributed by atoms with Crippen molar-refractivity contribution in [1.29, 1.82) is 0 Å². The summed E-state index contributed by atoms with van der Waals surface area (Å²) in [5.41, 5.74) is 6.60. The van der Waals surface area contributed by atoms with Gasteiger partial charge in [-0.15, -0.1) is 0 Å². The summed E-state index contributed by atoms with van der Waals surface area (Å²) in [6.07, 6.45) is 0. The highest BCUT2D eigenvalue weighted by atomic mass is 16.3. The van der Waals surface area contributed by atoms with E-state index < -0.39 is 0 Å². The molecule has 0 radical (unpaired) electrons. The normalized spacial score (nSPS) is 10.3. The molecule has 1 aromatic heterocycles. The number of aliphatic hydroxyl groups is 1. The smallest absolute Gasteiger partial charge is 0.229 e. The Kier molecular flexibility index (Phi) is 6.34. The van der Waals surface area contributed by atoms with Gasteiger partial charge in [0.05, 0.1) is 6.61 Å². The number of nitrogens with one attached hydrogen (secondary N) is 3. The van der Waals surface area contributed by atoms with Gasteiger partial charge in [-0.1, -0.05) is 30.3 Å². The quantitative estimate of drug-likeness (QED) is 0.447. The molecule has 0 saturated carbocycles. The van der Waals surface area contributed by atoms with Gasteiger partial charge < -0.3 is 26.8 Å². The van der Waals surface area contributed by atoms with Crippen molar-refractivity contribution in [3.05, 3.63) is 35.9 Å². The lowest BCUT2D eigenvalue weighted by Gasteiger charge is -2.10. The number of hydrogen-bond donors (Lipinski definition) is 5. The second-order valence-corrected chi connectivity index (χ2v) is 4.51. The van der Waals surface area contributed by atoms with Gasteiger partial charge in [-0.2, -0.15) is 15.0 Å². The number of aromatic nitrogens is 3. The first-order chi connectivity index (χ1) is 10.8. The summed E-state index contributed by atoms with van der Waals surface area (Å²) in [7, 11) is 0. The van der Waals surface area contributed by atoms with E-state index in [2.05, 4.69) is 30.9 Å². The molecule has 0 bridgehead atoms. The summed E-state index contributed by atoms with van der Waals surface area (Å²) in [5.74, 6) is 1.30. The number of nitrogens with two attached hydrogens (primary N) is 1. The van der Waals surface area contributed by atoms with E-state index in [-0.39, 0.29) is 6.61 Å². The molecule has 2 rings (SSSR count). The van der Waals surface area contributed by atoms with Crippen LogP contribution in [0.3, 0.4) is 0 Å². The van der Waals surface area contributed by atoms with Crippen LogP contribution in [0.5, 0.6) is 0 Å². The fourth-order valence-corrected chi connectivity index (χ4v) is 1.74. The molecule has 0 saturated heterocycles. The van der Waals surface area contributed by atoms with Crippen molar-refractivity contribution in [1.82, 2.24) is 15.0 Å². The zero-order valence-electron chi connectivity index (χ0n) is 12.3. The SMILES string of the molecule is NCCNc1nc(NCCO)nc(NCc2ccccc2)n1. The molecule has 0 fully saturated rings. The predicted octanol–water partition coefficient (Wildman–Crippen LogP) is 0.258. The Morgan fingerprint density at radius 2 is 1.45 bits per heavy atom. The van der Waals surface area contributed by atoms with Crippen LogP contribution in [0.2, 0.25) is 0 Å². The van der Waals surface area contributed by atoms with E-state index in [1.165, 1.54) is 0 Å². The predicted molar refractivity (Wildman–Crippen MR) is 86.7 cm³/mol. The van der Waals surface area contributed by atoms with Crippen molar-refractivity contribution in [2.24, 2.45) is 5.73 Å². The molecule has 8 nitrogen and oxygen atoms in total. The molecule has 0 aliphatic rings. The van der Waals surface area contributed by atoms with Crippen LogP contribution in [0, 0.1) is 0 Å². The molecular formula is C14H21N7O. The van der Waals surface area contributed by atoms with Crippen molar-refractivity contribution in [2.75, 3.05) is 42.2 Å². The molecule has 6 N–H and O–H groups in total. The van der Waals surface area contributed by atoms with Gasteiger partial charge in [-0.25, -0.2) is 0 Å². The van der Waals surface area contributed by atoms with E-state index in [9.17, 15) is 0 Å². The second kappa shape index (κ2) is 8.75. The van der Waals surface area contributed by atoms with Gasteiger partial charge in [0.15, 0.2) is 0 Å². The zero-order chi connectivity index (χ0) is 15.6. The average Bonchev–Trinajstić information content (AvgIpc) is 2.57. The van der Waals surface area contributed by atoms with Crippen LogP contribution >= 0.6 is 0 Å². The van der Waals surface area contributed by atoms with Crippen molar-refractivity contribution in [2.45, 2.75) is 6.54 Å². The number of rotatable bonds is 9. The third kappa shape index (κ3) is 5.15. The van der Waals surface area contributed by atoms with E-state index >= 15 is 0 Å². The minimum atomic E-state index is 0.00399. The first kappa shape index (κ1) is 15.9. The molecule has 0 spiro atoms. The van der Waals surface area contributed by atoms with Crippen molar-refractivity contribution in [3.8, 4) is 0 Å². The zero-order valence-corrected chi connectivity index (χ0v) is 12.3. The van der Waals surface area contributed by atoms with E-state index in [1.54, 1.807) is 0 Å². The van der Waals surface area contributed by atoms with Gasteiger partial charge in [0.25, 0.3) is 0 Å². The van der Waals surface area contributed by atoms with Crippen LogP contribution in [0.4, 0.5) is 17.8 Å². The standard InChI is InChI=1S/C14H21N7O/c15-6-7-16-12-19-13(17-8-9-22)21-14(20-12)18-10-11-4-2-1-3-5-11/h1-5,22H,6-10,15H2,(H3,16,17,18,19,20,21). The van der Waals surface area contributed by atoms with E-state index in [4.69, 9.17) is 10.8 Å². The Morgan fingerprint density at radius 1 is 0.864 bits per heavy atom. The van der Waals surface area contributed by atoms with E-state index in [0.29, 0.717) is 44.0 Å². The maximum absolute atomic E-state index is 8.88. The summed E-state index contributed by atoms with van der Waals surface area (Å²) in [5, 5.41) is 18.0. The maximum Gasteiger partial charge on any atom is 0.229 e. The first-order valence-electron chi connectivity index (χ1n) is 7.14. The lowest BCUT2D eigenvalue weighted by atomic mass is 10.2. The Bertz CT molecular complexity index is 538. The number of hydrogen-bond acceptors (Lipinski definition) is 8. The Balaban J connectivity index is 2.06. The molecule has 0 aliphatic heterocycles. The molecule has 0 atom stereocenters. The van der Waals surface area contributed by atoms with Crippen LogP contribution in [-0.2, 0) is 6.54 Å². The molecular weight excluding hydrogens is 282 g/mol. The molecule has 0 aliphatic carbocycles. The van der Waals surface area contributed by atoms with Crippen molar-refractivity contribution in [3.63, 3.8) is 0 Å². The lowest BCUT2D eigenvalue weighted by Crippen LogP contribution is -2.18. The second-order valence-electron chi connectivity index (χ2n) is 4.51. The molecule has 0 unspecified atom stereocenters. The number of anilines is 3. The highest BCUT2D eigenvalue weighted by Crippen LogP contribution is 2.10. The van der Waals surface area contributed by atoms with Crippen LogP contribution in [0.1, 0.15) is 5.56 Å². The van der Waals surface area contributed by atoms with Gasteiger partial charge in [-0.05, 0) is 5.56 Å². The van der Waals surface area contributed by atoms with Gasteiger partial charge >= 0.3 is 0 Å². The molecule has 8 heteroatoms. The van der Waals surface area contributed by atoms with Gasteiger partial charge in [0.1, 0.15) is 0 Å². The molecule has 118 valence electrons. The number of aliphatic hydroxyl groups excluding tert-OH is 1. The monoisotopic (exact) mass is 303 g/mol. The summed E-state index contributed by atoms with van der Waals surface area (Å²) in [6.45, 7) is 2.04. The van der Waals surface area contributed by atoms with Gasteiger partial charge in [-0.3, -0.25) is 0 Å². The topological polar surface area (TPSA) is 121 Å². The minimum Gasteiger partial charge on any atom is -0.395 e. The van der Waals surface area contributed by atoms with Crippen molar-refractivity contribution < 1.29 is 5.11 Å². The fraction of sp³-hybridized carbons (Fsp3) is 0.357. The summed E-state index contributed by atoms with van der Waals surface area (Å²) < 4.78 is 0. The molecule has 1 heterocycles. The lowest BCUT2D eigenvalue weighted by molar-refractivity contribution is 0.311.